The van der Waals surface area contributed by atoms with Gasteiger partial charge in [-0.2, -0.15) is 10.2 Å². The first-order valence-corrected chi connectivity index (χ1v) is 14.9. The number of hydrogen-bond donors (Lipinski definition) is 2. The average molecular weight is 616 g/mol. The van der Waals surface area contributed by atoms with E-state index in [0.29, 0.717) is 22.9 Å². The Balaban J connectivity index is 1.47. The third-order valence-electron chi connectivity index (χ3n) is 7.82. The maximum atomic E-state index is 13.8. The lowest BCUT2D eigenvalue weighted by molar-refractivity contribution is -0.134. The molecule has 46 heavy (non-hydrogen) atoms. The Labute approximate surface area is 269 Å². The van der Waals surface area contributed by atoms with Crippen molar-refractivity contribution in [3.63, 3.8) is 0 Å². The van der Waals surface area contributed by atoms with E-state index in [0.717, 1.165) is 22.4 Å². The lowest BCUT2D eigenvalue weighted by Crippen LogP contribution is -2.44. The SMILES string of the molecule is COc1ccc(C(OCC(C)(CO)C(=O)Nc2cccc(N=Nc3ccccc3)c2)(c2ccccc2)c2ccc(OC)cc2)cc1. The van der Waals surface area contributed by atoms with Gasteiger partial charge in [-0.1, -0.05) is 78.9 Å². The zero-order valence-electron chi connectivity index (χ0n) is 26.1. The number of methoxy groups -OCH3 is 2. The first-order chi connectivity index (χ1) is 22.4. The van der Waals surface area contributed by atoms with Crippen LogP contribution in [0.5, 0.6) is 11.5 Å². The molecule has 0 aliphatic heterocycles. The highest BCUT2D eigenvalue weighted by molar-refractivity contribution is 5.95. The molecule has 5 rings (SSSR count). The van der Waals surface area contributed by atoms with Crippen molar-refractivity contribution in [3.8, 4) is 11.5 Å². The minimum Gasteiger partial charge on any atom is -0.497 e. The van der Waals surface area contributed by atoms with Gasteiger partial charge in [-0.3, -0.25) is 4.79 Å². The molecule has 0 fully saturated rings. The van der Waals surface area contributed by atoms with Crippen molar-refractivity contribution >= 4 is 23.0 Å². The lowest BCUT2D eigenvalue weighted by Gasteiger charge is -2.39. The summed E-state index contributed by atoms with van der Waals surface area (Å²) in [6, 6.07) is 41.6. The summed E-state index contributed by atoms with van der Waals surface area (Å²) in [5.41, 5.74) is 1.85. The number of amides is 1. The summed E-state index contributed by atoms with van der Waals surface area (Å²) < 4.78 is 17.8. The van der Waals surface area contributed by atoms with Crippen LogP contribution >= 0.6 is 0 Å². The van der Waals surface area contributed by atoms with E-state index in [1.165, 1.54) is 0 Å². The van der Waals surface area contributed by atoms with Crippen molar-refractivity contribution in [3.05, 3.63) is 150 Å². The fourth-order valence-electron chi connectivity index (χ4n) is 5.06. The normalized spacial score (nSPS) is 12.8. The third-order valence-corrected chi connectivity index (χ3v) is 7.82. The van der Waals surface area contributed by atoms with Crippen LogP contribution in [0.4, 0.5) is 17.1 Å². The number of benzene rings is 5. The first-order valence-electron chi connectivity index (χ1n) is 14.9. The molecule has 0 saturated carbocycles. The van der Waals surface area contributed by atoms with E-state index in [1.807, 2.05) is 109 Å². The second-order valence-corrected chi connectivity index (χ2v) is 11.1. The maximum absolute atomic E-state index is 13.8. The minimum absolute atomic E-state index is 0.115. The summed E-state index contributed by atoms with van der Waals surface area (Å²) >= 11 is 0. The summed E-state index contributed by atoms with van der Waals surface area (Å²) in [6.07, 6.45) is 0. The number of carbonyl (C=O) groups excluding carboxylic acids is 1. The Hall–Kier alpha value is -5.31. The number of carbonyl (C=O) groups is 1. The molecule has 8 nitrogen and oxygen atoms in total. The summed E-state index contributed by atoms with van der Waals surface area (Å²) in [7, 11) is 3.24. The second-order valence-electron chi connectivity index (χ2n) is 11.1. The highest BCUT2D eigenvalue weighted by atomic mass is 16.5. The van der Waals surface area contributed by atoms with Crippen molar-refractivity contribution in [2.24, 2.45) is 15.6 Å². The molecule has 2 N–H and O–H groups in total. The Morgan fingerprint density at radius 1 is 0.674 bits per heavy atom. The van der Waals surface area contributed by atoms with Gasteiger partial charge in [0.2, 0.25) is 5.91 Å². The third kappa shape index (κ3) is 7.15. The number of anilines is 1. The molecule has 8 heteroatoms. The molecule has 0 aliphatic carbocycles. The van der Waals surface area contributed by atoms with Crippen molar-refractivity contribution in [2.45, 2.75) is 12.5 Å². The van der Waals surface area contributed by atoms with Gasteiger partial charge in [0, 0.05) is 5.69 Å². The number of azo groups is 1. The van der Waals surface area contributed by atoms with Crippen molar-refractivity contribution in [2.75, 3.05) is 32.8 Å². The molecule has 5 aromatic carbocycles. The van der Waals surface area contributed by atoms with Gasteiger partial charge in [-0.15, -0.1) is 0 Å². The predicted octanol–water partition coefficient (Wildman–Crippen LogP) is 8.07. The van der Waals surface area contributed by atoms with Crippen LogP contribution in [0.25, 0.3) is 0 Å². The van der Waals surface area contributed by atoms with Gasteiger partial charge < -0.3 is 24.6 Å². The molecule has 1 unspecified atom stereocenters. The number of aliphatic hydroxyl groups is 1. The molecule has 0 aliphatic rings. The number of aliphatic hydroxyl groups excluding tert-OH is 1. The maximum Gasteiger partial charge on any atom is 0.234 e. The zero-order valence-corrected chi connectivity index (χ0v) is 26.1. The van der Waals surface area contributed by atoms with Gasteiger partial charge in [0.1, 0.15) is 17.1 Å². The zero-order chi connectivity index (χ0) is 32.4. The van der Waals surface area contributed by atoms with Crippen molar-refractivity contribution in [1.29, 1.82) is 0 Å². The van der Waals surface area contributed by atoms with Crippen molar-refractivity contribution in [1.82, 2.24) is 0 Å². The molecule has 1 atom stereocenters. The van der Waals surface area contributed by atoms with Crippen LogP contribution in [0.1, 0.15) is 23.6 Å². The Kier molecular flexibility index (Phi) is 10.2. The van der Waals surface area contributed by atoms with E-state index in [9.17, 15) is 9.90 Å². The molecule has 1 amide bonds. The fourth-order valence-corrected chi connectivity index (χ4v) is 5.06. The Morgan fingerprint density at radius 3 is 1.72 bits per heavy atom. The summed E-state index contributed by atoms with van der Waals surface area (Å²) in [4.78, 5) is 13.8. The molecule has 0 radical (unpaired) electrons. The van der Waals surface area contributed by atoms with Crippen molar-refractivity contribution < 1.29 is 24.1 Å². The minimum atomic E-state index is -1.32. The van der Waals surface area contributed by atoms with Gasteiger partial charge >= 0.3 is 0 Å². The molecule has 0 bridgehead atoms. The Morgan fingerprint density at radius 2 is 1.17 bits per heavy atom. The Bertz CT molecular complexity index is 1700. The number of hydrogen-bond acceptors (Lipinski definition) is 7. The van der Waals surface area contributed by atoms with Crippen LogP contribution in [0, 0.1) is 5.41 Å². The van der Waals surface area contributed by atoms with Gasteiger partial charge in [0.05, 0.1) is 44.2 Å². The van der Waals surface area contributed by atoms with E-state index in [-0.39, 0.29) is 6.61 Å². The monoisotopic (exact) mass is 615 g/mol. The predicted molar refractivity (Wildman–Crippen MR) is 179 cm³/mol. The van der Waals surface area contributed by atoms with E-state index < -0.39 is 23.5 Å². The topological polar surface area (TPSA) is 102 Å². The van der Waals surface area contributed by atoms with E-state index >= 15 is 0 Å². The van der Waals surface area contributed by atoms with Gasteiger partial charge in [-0.25, -0.2) is 0 Å². The molecule has 0 saturated heterocycles. The van der Waals surface area contributed by atoms with Crippen LogP contribution in [-0.2, 0) is 15.1 Å². The standard InChI is InChI=1S/C38H37N3O5/c1-37(26-42,36(43)39-32-15-10-16-33(25-32)41-40-31-13-8-5-9-14-31)27-46-38(28-11-6-4-7-12-28,29-17-21-34(44-2)22-18-29)30-19-23-35(45-3)24-20-30/h4-25,42H,26-27H2,1-3H3,(H,39,43). The van der Waals surface area contributed by atoms with Crippen LogP contribution in [0.2, 0.25) is 0 Å². The molecule has 5 aromatic rings. The number of rotatable bonds is 13. The number of ether oxygens (including phenoxy) is 3. The quantitative estimate of drug-likeness (QED) is 0.103. The van der Waals surface area contributed by atoms with E-state index in [1.54, 1.807) is 45.4 Å². The summed E-state index contributed by atoms with van der Waals surface area (Å²) in [5.74, 6) is 0.995. The van der Waals surface area contributed by atoms with Gasteiger partial charge in [0.15, 0.2) is 0 Å². The highest BCUT2D eigenvalue weighted by Crippen LogP contribution is 2.43. The van der Waals surface area contributed by atoms with Crippen LogP contribution < -0.4 is 14.8 Å². The smallest absolute Gasteiger partial charge is 0.234 e. The molecule has 0 heterocycles. The second kappa shape index (κ2) is 14.6. The van der Waals surface area contributed by atoms with E-state index in [2.05, 4.69) is 15.5 Å². The molecule has 234 valence electrons. The van der Waals surface area contributed by atoms with E-state index in [4.69, 9.17) is 14.2 Å². The summed E-state index contributed by atoms with van der Waals surface area (Å²) in [5, 5.41) is 22.1. The molecular formula is C38H37N3O5. The molecular weight excluding hydrogens is 578 g/mol. The number of nitrogens with zero attached hydrogens (tertiary/aromatic N) is 2. The largest absolute Gasteiger partial charge is 0.497 e. The molecule has 0 spiro atoms. The fraction of sp³-hybridized carbons (Fsp3) is 0.184. The lowest BCUT2D eigenvalue weighted by atomic mass is 9.79. The van der Waals surface area contributed by atoms with Crippen LogP contribution in [0.15, 0.2) is 144 Å². The van der Waals surface area contributed by atoms with Gasteiger partial charge in [0.25, 0.3) is 0 Å². The first kappa shape index (κ1) is 32.1. The average Bonchev–Trinajstić information content (AvgIpc) is 3.12. The van der Waals surface area contributed by atoms with Gasteiger partial charge in [-0.05, 0) is 78.2 Å². The van der Waals surface area contributed by atoms with Crippen LogP contribution in [-0.4, -0.2) is 38.4 Å². The molecule has 0 aromatic heterocycles. The number of nitrogens with one attached hydrogen (secondary N) is 1. The summed E-state index contributed by atoms with van der Waals surface area (Å²) in [6.45, 7) is 1.11. The van der Waals surface area contributed by atoms with Crippen LogP contribution in [0.3, 0.4) is 0 Å². The highest BCUT2D eigenvalue weighted by Gasteiger charge is 2.42.